The summed E-state index contributed by atoms with van der Waals surface area (Å²) in [5.74, 6) is 0. The highest BCUT2D eigenvalue weighted by atomic mass is 32.1. The minimum Gasteiger partial charge on any atom is -0.377 e. The Hall–Kier alpha value is -0.650. The Kier molecular flexibility index (Phi) is 4.05. The van der Waals surface area contributed by atoms with Gasteiger partial charge >= 0.3 is 0 Å². The lowest BCUT2D eigenvalue weighted by Crippen LogP contribution is -2.45. The number of aryl methyl sites for hydroxylation is 1. The van der Waals surface area contributed by atoms with E-state index >= 15 is 0 Å². The molecule has 0 aromatic carbocycles. The normalized spacial score (nSPS) is 27.4. The third kappa shape index (κ3) is 2.51. The van der Waals surface area contributed by atoms with Gasteiger partial charge in [-0.1, -0.05) is 6.92 Å². The summed E-state index contributed by atoms with van der Waals surface area (Å²) in [6.45, 7) is 4.89. The Morgan fingerprint density at radius 3 is 3.21 bits per heavy atom. The highest BCUT2D eigenvalue weighted by Crippen LogP contribution is 2.37. The van der Waals surface area contributed by atoms with Crippen LogP contribution in [0.25, 0.3) is 0 Å². The lowest BCUT2D eigenvalue weighted by Gasteiger charge is -2.34. The molecule has 1 N–H and O–H groups in total. The SMILES string of the molecule is CCC1COCCN1c1nc2c(s1)CCCC2NC. The number of thiazole rings is 1. The molecule has 1 aromatic rings. The lowest BCUT2D eigenvalue weighted by molar-refractivity contribution is 0.0929. The molecule has 2 atom stereocenters. The molecule has 0 saturated carbocycles. The maximum atomic E-state index is 5.59. The molecule has 0 amide bonds. The number of rotatable bonds is 3. The van der Waals surface area contributed by atoms with Gasteiger partial charge in [-0.3, -0.25) is 0 Å². The highest BCUT2D eigenvalue weighted by Gasteiger charge is 2.28. The molecule has 0 bridgehead atoms. The predicted octanol–water partition coefficient (Wildman–Crippen LogP) is 2.36. The van der Waals surface area contributed by atoms with Crippen molar-refractivity contribution in [1.82, 2.24) is 10.3 Å². The maximum Gasteiger partial charge on any atom is 0.186 e. The van der Waals surface area contributed by atoms with Crippen molar-refractivity contribution in [2.24, 2.45) is 0 Å². The Morgan fingerprint density at radius 2 is 2.42 bits per heavy atom. The average molecular weight is 281 g/mol. The fourth-order valence-electron chi connectivity index (χ4n) is 3.05. The number of aromatic nitrogens is 1. The smallest absolute Gasteiger partial charge is 0.186 e. The third-order valence-corrected chi connectivity index (χ3v) is 5.40. The number of anilines is 1. The molecule has 3 rings (SSSR count). The zero-order chi connectivity index (χ0) is 13.2. The Bertz CT molecular complexity index is 434. The van der Waals surface area contributed by atoms with Crippen molar-refractivity contribution in [2.75, 3.05) is 31.7 Å². The van der Waals surface area contributed by atoms with Crippen molar-refractivity contribution in [2.45, 2.75) is 44.7 Å². The lowest BCUT2D eigenvalue weighted by atomic mass is 9.98. The Morgan fingerprint density at radius 1 is 1.53 bits per heavy atom. The number of morpholine rings is 1. The van der Waals surface area contributed by atoms with Gasteiger partial charge in [0.05, 0.1) is 31.0 Å². The predicted molar refractivity (Wildman–Crippen MR) is 79.1 cm³/mol. The molecule has 5 heteroatoms. The summed E-state index contributed by atoms with van der Waals surface area (Å²) >= 11 is 1.90. The number of nitrogens with zero attached hydrogens (tertiary/aromatic N) is 2. The fourth-order valence-corrected chi connectivity index (χ4v) is 4.32. The van der Waals surface area contributed by atoms with Crippen molar-refractivity contribution >= 4 is 16.5 Å². The summed E-state index contributed by atoms with van der Waals surface area (Å²) < 4.78 is 5.59. The van der Waals surface area contributed by atoms with E-state index in [-0.39, 0.29) is 0 Å². The van der Waals surface area contributed by atoms with Crippen LogP contribution in [-0.4, -0.2) is 37.8 Å². The topological polar surface area (TPSA) is 37.4 Å². The first-order valence-electron chi connectivity index (χ1n) is 7.34. The summed E-state index contributed by atoms with van der Waals surface area (Å²) in [7, 11) is 2.04. The van der Waals surface area contributed by atoms with Crippen LogP contribution in [0.15, 0.2) is 0 Å². The first-order chi connectivity index (χ1) is 9.33. The van der Waals surface area contributed by atoms with Gasteiger partial charge in [0.15, 0.2) is 5.13 Å². The molecule has 1 aromatic heterocycles. The van der Waals surface area contributed by atoms with E-state index in [4.69, 9.17) is 9.72 Å². The van der Waals surface area contributed by atoms with E-state index in [0.29, 0.717) is 12.1 Å². The molecule has 1 aliphatic carbocycles. The van der Waals surface area contributed by atoms with Gasteiger partial charge in [-0.2, -0.15) is 0 Å². The van der Waals surface area contributed by atoms with E-state index in [9.17, 15) is 0 Å². The van der Waals surface area contributed by atoms with Crippen LogP contribution in [0.3, 0.4) is 0 Å². The first-order valence-corrected chi connectivity index (χ1v) is 8.16. The summed E-state index contributed by atoms with van der Waals surface area (Å²) in [5.41, 5.74) is 1.30. The molecule has 4 nitrogen and oxygen atoms in total. The Balaban J connectivity index is 1.87. The molecule has 1 fully saturated rings. The second-order valence-electron chi connectivity index (χ2n) is 5.37. The van der Waals surface area contributed by atoms with Gasteiger partial charge in [0.1, 0.15) is 0 Å². The van der Waals surface area contributed by atoms with Crippen LogP contribution in [0.5, 0.6) is 0 Å². The van der Waals surface area contributed by atoms with Crippen LogP contribution in [0, 0.1) is 0 Å². The zero-order valence-electron chi connectivity index (χ0n) is 11.8. The fraction of sp³-hybridized carbons (Fsp3) is 0.786. The zero-order valence-corrected chi connectivity index (χ0v) is 12.6. The first kappa shape index (κ1) is 13.3. The second-order valence-corrected chi connectivity index (χ2v) is 6.43. The van der Waals surface area contributed by atoms with Crippen molar-refractivity contribution in [3.05, 3.63) is 10.6 Å². The van der Waals surface area contributed by atoms with Crippen molar-refractivity contribution in [3.63, 3.8) is 0 Å². The quantitative estimate of drug-likeness (QED) is 0.923. The van der Waals surface area contributed by atoms with Crippen LogP contribution < -0.4 is 10.2 Å². The highest BCUT2D eigenvalue weighted by molar-refractivity contribution is 7.15. The number of nitrogens with one attached hydrogen (secondary N) is 1. The van der Waals surface area contributed by atoms with E-state index < -0.39 is 0 Å². The maximum absolute atomic E-state index is 5.59. The van der Waals surface area contributed by atoms with E-state index in [1.165, 1.54) is 35.0 Å². The Labute approximate surface area is 119 Å². The van der Waals surface area contributed by atoms with Gasteiger partial charge in [-0.05, 0) is 32.7 Å². The van der Waals surface area contributed by atoms with E-state index in [1.54, 1.807) is 0 Å². The van der Waals surface area contributed by atoms with Crippen molar-refractivity contribution in [1.29, 1.82) is 0 Å². The van der Waals surface area contributed by atoms with Gasteiger partial charge in [0, 0.05) is 11.4 Å². The van der Waals surface area contributed by atoms with Crippen LogP contribution >= 0.6 is 11.3 Å². The van der Waals surface area contributed by atoms with E-state index in [0.717, 1.165) is 26.2 Å². The van der Waals surface area contributed by atoms with Gasteiger partial charge in [0.25, 0.3) is 0 Å². The van der Waals surface area contributed by atoms with Crippen LogP contribution in [-0.2, 0) is 11.2 Å². The standard InChI is InChI=1S/C14H23N3OS/c1-3-10-9-18-8-7-17(10)14-16-13-11(15-2)5-4-6-12(13)19-14/h10-11,15H,3-9H2,1-2H3. The van der Waals surface area contributed by atoms with E-state index in [1.807, 2.05) is 18.4 Å². The van der Waals surface area contributed by atoms with Crippen LogP contribution in [0.4, 0.5) is 5.13 Å². The summed E-state index contributed by atoms with van der Waals surface area (Å²) in [5, 5.41) is 4.61. The molecule has 19 heavy (non-hydrogen) atoms. The molecule has 1 aliphatic heterocycles. The molecule has 0 spiro atoms. The molecule has 106 valence electrons. The van der Waals surface area contributed by atoms with Crippen molar-refractivity contribution < 1.29 is 4.74 Å². The van der Waals surface area contributed by atoms with E-state index in [2.05, 4.69) is 17.1 Å². The van der Waals surface area contributed by atoms with Gasteiger partial charge in [-0.15, -0.1) is 11.3 Å². The summed E-state index contributed by atoms with van der Waals surface area (Å²) in [6, 6.07) is 0.948. The van der Waals surface area contributed by atoms with Gasteiger partial charge < -0.3 is 15.0 Å². The van der Waals surface area contributed by atoms with Crippen LogP contribution in [0.2, 0.25) is 0 Å². The van der Waals surface area contributed by atoms with Crippen molar-refractivity contribution in [3.8, 4) is 0 Å². The molecule has 2 heterocycles. The number of ether oxygens (including phenoxy) is 1. The molecule has 1 saturated heterocycles. The van der Waals surface area contributed by atoms with Gasteiger partial charge in [0.2, 0.25) is 0 Å². The molecule has 0 radical (unpaired) electrons. The minimum absolute atomic E-state index is 0.454. The van der Waals surface area contributed by atoms with Crippen LogP contribution in [0.1, 0.15) is 42.8 Å². The number of fused-ring (bicyclic) bond motifs is 1. The largest absolute Gasteiger partial charge is 0.377 e. The monoisotopic (exact) mass is 281 g/mol. The molecule has 2 unspecified atom stereocenters. The third-order valence-electron chi connectivity index (χ3n) is 4.24. The minimum atomic E-state index is 0.454. The number of hydrogen-bond donors (Lipinski definition) is 1. The summed E-state index contributed by atoms with van der Waals surface area (Å²) in [6.07, 6.45) is 4.82. The van der Waals surface area contributed by atoms with Gasteiger partial charge in [-0.25, -0.2) is 4.98 Å². The summed E-state index contributed by atoms with van der Waals surface area (Å²) in [4.78, 5) is 8.90. The average Bonchev–Trinajstić information content (AvgIpc) is 2.90. The number of hydrogen-bond acceptors (Lipinski definition) is 5. The second kappa shape index (κ2) is 5.77. The molecular formula is C14H23N3OS. The molecule has 2 aliphatic rings. The molecular weight excluding hydrogens is 258 g/mol.